The fourth-order valence-corrected chi connectivity index (χ4v) is 3.83. The van der Waals surface area contributed by atoms with Gasteiger partial charge in [0.05, 0.1) is 0 Å². The van der Waals surface area contributed by atoms with Gasteiger partial charge in [-0.25, -0.2) is 4.98 Å². The fraction of sp³-hybridized carbons (Fsp3) is 0.412. The van der Waals surface area contributed by atoms with E-state index in [4.69, 9.17) is 5.73 Å². The van der Waals surface area contributed by atoms with E-state index in [0.717, 1.165) is 30.6 Å². The molecule has 0 spiro atoms. The van der Waals surface area contributed by atoms with Gasteiger partial charge < -0.3 is 11.1 Å². The highest BCUT2D eigenvalue weighted by molar-refractivity contribution is 7.15. The molecule has 0 aliphatic heterocycles. The highest BCUT2D eigenvalue weighted by Crippen LogP contribution is 2.28. The number of aromatic nitrogens is 1. The first kappa shape index (κ1) is 17.9. The van der Waals surface area contributed by atoms with Crippen molar-refractivity contribution in [2.75, 3.05) is 5.32 Å². The van der Waals surface area contributed by atoms with Crippen LogP contribution in [0.5, 0.6) is 0 Å². The average Bonchev–Trinajstić information content (AvgIpc) is 3.10. The number of hydrogen-bond acceptors (Lipinski definition) is 4. The Bertz CT molecular complexity index is 632. The summed E-state index contributed by atoms with van der Waals surface area (Å²) < 4.78 is 0. The lowest BCUT2D eigenvalue weighted by Crippen LogP contribution is -2.28. The maximum absolute atomic E-state index is 12.1. The molecule has 4 nitrogen and oxygen atoms in total. The molecule has 1 saturated carbocycles. The van der Waals surface area contributed by atoms with Crippen LogP contribution in [0.3, 0.4) is 0 Å². The summed E-state index contributed by atoms with van der Waals surface area (Å²) in [5.74, 6) is 0.353. The number of nitrogens with zero attached hydrogens (tertiary/aromatic N) is 1. The van der Waals surface area contributed by atoms with E-state index in [2.05, 4.69) is 22.4 Å². The Labute approximate surface area is 146 Å². The van der Waals surface area contributed by atoms with E-state index in [1.165, 1.54) is 5.56 Å². The zero-order valence-corrected chi connectivity index (χ0v) is 14.5. The summed E-state index contributed by atoms with van der Waals surface area (Å²) in [6.45, 7) is 0. The molecule has 1 aliphatic rings. The van der Waals surface area contributed by atoms with Crippen LogP contribution in [0.25, 0.3) is 0 Å². The summed E-state index contributed by atoms with van der Waals surface area (Å²) in [5.41, 5.74) is 7.27. The minimum Gasteiger partial charge on any atom is -0.327 e. The summed E-state index contributed by atoms with van der Waals surface area (Å²) >= 11 is 1.54. The number of carbonyl (C=O) groups excluding carboxylic acids is 1. The summed E-state index contributed by atoms with van der Waals surface area (Å²) in [7, 11) is 0. The van der Waals surface area contributed by atoms with Crippen LogP contribution in [-0.2, 0) is 11.2 Å². The maximum Gasteiger partial charge on any atom is 0.226 e. The molecular formula is C17H22ClN3OS. The van der Waals surface area contributed by atoms with Gasteiger partial charge in [0.15, 0.2) is 5.13 Å². The molecule has 1 aliphatic carbocycles. The first-order chi connectivity index (χ1) is 10.7. The van der Waals surface area contributed by atoms with Gasteiger partial charge in [0, 0.05) is 30.0 Å². The highest BCUT2D eigenvalue weighted by Gasteiger charge is 2.26. The van der Waals surface area contributed by atoms with Crippen LogP contribution in [0, 0.1) is 5.92 Å². The van der Waals surface area contributed by atoms with Gasteiger partial charge in [0.25, 0.3) is 0 Å². The van der Waals surface area contributed by atoms with Crippen LogP contribution in [0.1, 0.15) is 36.1 Å². The molecule has 1 aromatic heterocycles. The second kappa shape index (κ2) is 8.43. The highest BCUT2D eigenvalue weighted by atomic mass is 35.5. The van der Waals surface area contributed by atoms with E-state index in [1.54, 1.807) is 11.3 Å². The molecule has 3 N–H and O–H groups in total. The summed E-state index contributed by atoms with van der Waals surface area (Å²) in [5, 5.41) is 3.59. The number of rotatable bonds is 5. The summed E-state index contributed by atoms with van der Waals surface area (Å²) in [4.78, 5) is 17.5. The normalized spacial score (nSPS) is 20.0. The van der Waals surface area contributed by atoms with Crippen molar-refractivity contribution >= 4 is 34.8 Å². The standard InChI is InChI=1S/C17H21N3OS.ClH/c18-15-8-4-7-13(15)10-16(21)20-17-19-11-14(22-17)9-12-5-2-1-3-6-12;/h1-3,5-6,11,13,15H,4,7-10,18H2,(H,19,20,21);1H/t13-,15+;/m0./s1. The number of halogens is 1. The lowest BCUT2D eigenvalue weighted by atomic mass is 10.00. The van der Waals surface area contributed by atoms with Gasteiger partial charge in [-0.1, -0.05) is 36.8 Å². The van der Waals surface area contributed by atoms with Crippen molar-refractivity contribution in [1.29, 1.82) is 0 Å². The number of benzene rings is 1. The van der Waals surface area contributed by atoms with Gasteiger partial charge in [-0.15, -0.1) is 23.7 Å². The van der Waals surface area contributed by atoms with Crippen LogP contribution in [-0.4, -0.2) is 16.9 Å². The molecule has 0 unspecified atom stereocenters. The number of anilines is 1. The van der Waals surface area contributed by atoms with Crippen LogP contribution in [0.15, 0.2) is 36.5 Å². The predicted octanol–water partition coefficient (Wildman–Crippen LogP) is 3.61. The Kier molecular flexibility index (Phi) is 6.57. The molecule has 3 rings (SSSR count). The second-order valence-electron chi connectivity index (χ2n) is 5.90. The Morgan fingerprint density at radius 2 is 2.09 bits per heavy atom. The van der Waals surface area contributed by atoms with Gasteiger partial charge >= 0.3 is 0 Å². The van der Waals surface area contributed by atoms with Crippen LogP contribution in [0.4, 0.5) is 5.13 Å². The van der Waals surface area contributed by atoms with Gasteiger partial charge in [-0.3, -0.25) is 4.79 Å². The zero-order chi connectivity index (χ0) is 15.4. The minimum absolute atomic E-state index is 0. The number of nitrogens with one attached hydrogen (secondary N) is 1. The van der Waals surface area contributed by atoms with Crippen LogP contribution in [0.2, 0.25) is 0 Å². The number of hydrogen-bond donors (Lipinski definition) is 2. The smallest absolute Gasteiger partial charge is 0.226 e. The number of thiazole rings is 1. The molecule has 1 fully saturated rings. The quantitative estimate of drug-likeness (QED) is 0.864. The third-order valence-corrected chi connectivity index (χ3v) is 5.10. The first-order valence-corrected chi connectivity index (χ1v) is 8.56. The third-order valence-electron chi connectivity index (χ3n) is 4.19. The molecule has 0 saturated heterocycles. The Morgan fingerprint density at radius 3 is 2.78 bits per heavy atom. The molecule has 23 heavy (non-hydrogen) atoms. The van der Waals surface area contributed by atoms with E-state index in [-0.39, 0.29) is 24.4 Å². The SMILES string of the molecule is Cl.N[C@@H]1CCC[C@H]1CC(=O)Nc1ncc(Cc2ccccc2)s1. The van der Waals surface area contributed by atoms with E-state index < -0.39 is 0 Å². The lowest BCUT2D eigenvalue weighted by Gasteiger charge is -2.13. The monoisotopic (exact) mass is 351 g/mol. The lowest BCUT2D eigenvalue weighted by molar-refractivity contribution is -0.117. The molecule has 124 valence electrons. The molecule has 2 aromatic rings. The molecule has 2 atom stereocenters. The van der Waals surface area contributed by atoms with Crippen molar-refractivity contribution in [3.05, 3.63) is 47.0 Å². The van der Waals surface area contributed by atoms with Gasteiger partial charge in [-0.2, -0.15) is 0 Å². The predicted molar refractivity (Wildman–Crippen MR) is 97.2 cm³/mol. The maximum atomic E-state index is 12.1. The van der Waals surface area contributed by atoms with E-state index >= 15 is 0 Å². The Hall–Kier alpha value is -1.43. The Balaban J connectivity index is 0.00000192. The summed E-state index contributed by atoms with van der Waals surface area (Å²) in [6, 6.07) is 10.4. The van der Waals surface area contributed by atoms with Gasteiger partial charge in [-0.05, 0) is 24.3 Å². The number of nitrogens with two attached hydrogens (primary N) is 1. The van der Waals surface area contributed by atoms with E-state index in [0.29, 0.717) is 17.5 Å². The van der Waals surface area contributed by atoms with Crippen molar-refractivity contribution in [3.8, 4) is 0 Å². The molecule has 1 aromatic carbocycles. The van der Waals surface area contributed by atoms with Crippen LogP contribution >= 0.6 is 23.7 Å². The molecule has 0 radical (unpaired) electrons. The number of carbonyl (C=O) groups is 1. The van der Waals surface area contributed by atoms with Crippen molar-refractivity contribution in [3.63, 3.8) is 0 Å². The van der Waals surface area contributed by atoms with Crippen molar-refractivity contribution in [2.45, 2.75) is 38.1 Å². The van der Waals surface area contributed by atoms with Crippen molar-refractivity contribution < 1.29 is 4.79 Å². The number of amides is 1. The molecule has 6 heteroatoms. The average molecular weight is 352 g/mol. The Morgan fingerprint density at radius 1 is 1.30 bits per heavy atom. The molecule has 0 bridgehead atoms. The van der Waals surface area contributed by atoms with Crippen molar-refractivity contribution in [2.24, 2.45) is 11.7 Å². The molecule has 1 amide bonds. The third kappa shape index (κ3) is 5.03. The van der Waals surface area contributed by atoms with E-state index in [9.17, 15) is 4.79 Å². The van der Waals surface area contributed by atoms with Gasteiger partial charge in [0.2, 0.25) is 5.91 Å². The molecule has 1 heterocycles. The van der Waals surface area contributed by atoms with Crippen LogP contribution < -0.4 is 11.1 Å². The zero-order valence-electron chi connectivity index (χ0n) is 12.9. The molecular weight excluding hydrogens is 330 g/mol. The summed E-state index contributed by atoms with van der Waals surface area (Å²) in [6.07, 6.45) is 6.44. The fourth-order valence-electron chi connectivity index (χ4n) is 2.97. The first-order valence-electron chi connectivity index (χ1n) is 7.75. The van der Waals surface area contributed by atoms with Crippen molar-refractivity contribution in [1.82, 2.24) is 4.98 Å². The van der Waals surface area contributed by atoms with E-state index in [1.807, 2.05) is 24.4 Å². The second-order valence-corrected chi connectivity index (χ2v) is 7.02. The minimum atomic E-state index is 0. The largest absolute Gasteiger partial charge is 0.327 e. The van der Waals surface area contributed by atoms with Gasteiger partial charge in [0.1, 0.15) is 0 Å². The topological polar surface area (TPSA) is 68.0 Å².